The van der Waals surface area contributed by atoms with E-state index < -0.39 is 0 Å². The van der Waals surface area contributed by atoms with E-state index in [0.29, 0.717) is 23.6 Å². The molecule has 0 spiro atoms. The lowest BCUT2D eigenvalue weighted by molar-refractivity contribution is 0.0951. The molecule has 1 fully saturated rings. The first kappa shape index (κ1) is 20.3. The third-order valence-corrected chi connectivity index (χ3v) is 5.53. The van der Waals surface area contributed by atoms with Crippen molar-refractivity contribution < 1.29 is 9.18 Å². The van der Waals surface area contributed by atoms with Crippen molar-refractivity contribution in [1.82, 2.24) is 24.6 Å². The first-order chi connectivity index (χ1) is 14.7. The molecule has 158 valence electrons. The Bertz CT molecular complexity index is 958. The third kappa shape index (κ3) is 4.79. The van der Waals surface area contributed by atoms with Crippen molar-refractivity contribution in [1.29, 1.82) is 0 Å². The summed E-state index contributed by atoms with van der Waals surface area (Å²) in [6.45, 7) is 3.94. The third-order valence-electron chi connectivity index (χ3n) is 5.53. The zero-order chi connectivity index (χ0) is 20.8. The van der Waals surface area contributed by atoms with E-state index in [2.05, 4.69) is 15.3 Å². The molecule has 0 bridgehead atoms. The molecule has 1 saturated heterocycles. The molecular weight excluding hydrogens is 381 g/mol. The molecule has 0 atom stereocenters. The SMILES string of the molecule is O=C(NCCCN1CCCCCC1)c1cnn(-c2cccc(F)c2)c1-n1cccc1. The number of likely N-dealkylation sites (tertiary alicyclic amines) is 1. The van der Waals surface area contributed by atoms with E-state index in [-0.39, 0.29) is 11.7 Å². The van der Waals surface area contributed by atoms with Crippen molar-refractivity contribution in [3.05, 3.63) is 66.4 Å². The fourth-order valence-electron chi connectivity index (χ4n) is 3.98. The normalized spacial score (nSPS) is 15.1. The van der Waals surface area contributed by atoms with Gasteiger partial charge in [-0.05, 0) is 69.2 Å². The summed E-state index contributed by atoms with van der Waals surface area (Å²) in [5.74, 6) is 0.0776. The summed E-state index contributed by atoms with van der Waals surface area (Å²) in [6, 6.07) is 9.96. The highest BCUT2D eigenvalue weighted by molar-refractivity contribution is 5.97. The van der Waals surface area contributed by atoms with Gasteiger partial charge in [0.2, 0.25) is 0 Å². The molecule has 3 heterocycles. The average Bonchev–Trinajstić information content (AvgIpc) is 3.36. The Morgan fingerprint density at radius 2 is 1.83 bits per heavy atom. The number of aromatic nitrogens is 3. The smallest absolute Gasteiger partial charge is 0.256 e. The second-order valence-electron chi connectivity index (χ2n) is 7.73. The summed E-state index contributed by atoms with van der Waals surface area (Å²) >= 11 is 0. The van der Waals surface area contributed by atoms with Crippen LogP contribution >= 0.6 is 0 Å². The molecule has 0 unspecified atom stereocenters. The van der Waals surface area contributed by atoms with Gasteiger partial charge in [-0.25, -0.2) is 9.07 Å². The van der Waals surface area contributed by atoms with Crippen LogP contribution in [0.1, 0.15) is 42.5 Å². The Labute approximate surface area is 176 Å². The monoisotopic (exact) mass is 409 g/mol. The molecule has 0 saturated carbocycles. The molecule has 3 aromatic rings. The van der Waals surface area contributed by atoms with Gasteiger partial charge >= 0.3 is 0 Å². The first-order valence-electron chi connectivity index (χ1n) is 10.7. The molecule has 6 nitrogen and oxygen atoms in total. The van der Waals surface area contributed by atoms with Crippen LogP contribution in [0, 0.1) is 5.82 Å². The fraction of sp³-hybridized carbons (Fsp3) is 0.391. The number of benzene rings is 1. The Kier molecular flexibility index (Phi) is 6.59. The molecule has 2 aromatic heterocycles. The summed E-state index contributed by atoms with van der Waals surface area (Å²) in [5.41, 5.74) is 1.03. The van der Waals surface area contributed by atoms with Crippen LogP contribution in [-0.2, 0) is 0 Å². The average molecular weight is 410 g/mol. The number of nitrogens with one attached hydrogen (secondary N) is 1. The molecular formula is C23H28FN5O. The maximum atomic E-state index is 13.7. The number of halogens is 1. The van der Waals surface area contributed by atoms with Crippen molar-refractivity contribution in [3.63, 3.8) is 0 Å². The number of rotatable bonds is 7. The lowest BCUT2D eigenvalue weighted by Gasteiger charge is -2.19. The van der Waals surface area contributed by atoms with Crippen molar-refractivity contribution in [2.75, 3.05) is 26.2 Å². The van der Waals surface area contributed by atoms with Crippen molar-refractivity contribution in [2.24, 2.45) is 0 Å². The molecule has 7 heteroatoms. The van der Waals surface area contributed by atoms with Gasteiger partial charge in [-0.2, -0.15) is 5.10 Å². The summed E-state index contributed by atoms with van der Waals surface area (Å²) in [6.07, 6.45) is 11.4. The highest BCUT2D eigenvalue weighted by Crippen LogP contribution is 2.20. The van der Waals surface area contributed by atoms with Crippen molar-refractivity contribution in [3.8, 4) is 11.5 Å². The minimum absolute atomic E-state index is 0.169. The van der Waals surface area contributed by atoms with Crippen molar-refractivity contribution in [2.45, 2.75) is 32.1 Å². The molecule has 30 heavy (non-hydrogen) atoms. The van der Waals surface area contributed by atoms with E-state index in [4.69, 9.17) is 0 Å². The van der Waals surface area contributed by atoms with Crippen molar-refractivity contribution >= 4 is 5.91 Å². The summed E-state index contributed by atoms with van der Waals surface area (Å²) < 4.78 is 17.2. The zero-order valence-electron chi connectivity index (χ0n) is 17.1. The van der Waals surface area contributed by atoms with Gasteiger partial charge in [0.1, 0.15) is 11.4 Å². The molecule has 1 amide bonds. The highest BCUT2D eigenvalue weighted by Gasteiger charge is 2.20. The van der Waals surface area contributed by atoms with Crippen LogP contribution in [0.15, 0.2) is 55.0 Å². The van der Waals surface area contributed by atoms with Crippen LogP contribution in [0.5, 0.6) is 0 Å². The van der Waals surface area contributed by atoms with Gasteiger partial charge in [0.05, 0.1) is 11.9 Å². The second-order valence-corrected chi connectivity index (χ2v) is 7.73. The lowest BCUT2D eigenvalue weighted by Crippen LogP contribution is -2.31. The number of hydrogen-bond acceptors (Lipinski definition) is 3. The van der Waals surface area contributed by atoms with Gasteiger partial charge in [0.15, 0.2) is 5.82 Å². The van der Waals surface area contributed by atoms with Crippen LogP contribution in [-0.4, -0.2) is 51.3 Å². The van der Waals surface area contributed by atoms with Crippen LogP contribution in [0.4, 0.5) is 4.39 Å². The standard InChI is InChI=1S/C23H28FN5O/c24-19-9-7-10-20(17-19)29-23(28-15-5-6-16-28)21(18-26-29)22(30)25-11-8-14-27-12-3-1-2-4-13-27/h5-7,9-10,15-18H,1-4,8,11-14H2,(H,25,30). The quantitative estimate of drug-likeness (QED) is 0.604. The summed E-state index contributed by atoms with van der Waals surface area (Å²) in [7, 11) is 0. The highest BCUT2D eigenvalue weighted by atomic mass is 19.1. The molecule has 1 aromatic carbocycles. The number of carbonyl (C=O) groups is 1. The number of carbonyl (C=O) groups excluding carboxylic acids is 1. The molecule has 0 aliphatic carbocycles. The maximum Gasteiger partial charge on any atom is 0.256 e. The summed E-state index contributed by atoms with van der Waals surface area (Å²) in [4.78, 5) is 15.4. The van der Waals surface area contributed by atoms with Gasteiger partial charge in [-0.3, -0.25) is 4.79 Å². The van der Waals surface area contributed by atoms with E-state index in [9.17, 15) is 9.18 Å². The van der Waals surface area contributed by atoms with E-state index >= 15 is 0 Å². The minimum Gasteiger partial charge on any atom is -0.352 e. The molecule has 0 radical (unpaired) electrons. The Morgan fingerprint density at radius 3 is 2.57 bits per heavy atom. The predicted molar refractivity (Wildman–Crippen MR) is 115 cm³/mol. The number of hydrogen-bond donors (Lipinski definition) is 1. The van der Waals surface area contributed by atoms with Gasteiger partial charge in [-0.15, -0.1) is 0 Å². The second kappa shape index (κ2) is 9.71. The Morgan fingerprint density at radius 1 is 1.07 bits per heavy atom. The van der Waals surface area contributed by atoms with Crippen LogP contribution in [0.2, 0.25) is 0 Å². The number of nitrogens with zero attached hydrogens (tertiary/aromatic N) is 4. The minimum atomic E-state index is -0.346. The van der Waals surface area contributed by atoms with E-state index in [0.717, 1.165) is 26.1 Å². The summed E-state index contributed by atoms with van der Waals surface area (Å²) in [5, 5.41) is 7.40. The Hall–Kier alpha value is -2.93. The Balaban J connectivity index is 1.46. The molecule has 1 aliphatic rings. The lowest BCUT2D eigenvalue weighted by atomic mass is 10.2. The molecule has 1 aliphatic heterocycles. The largest absolute Gasteiger partial charge is 0.352 e. The molecule has 1 N–H and O–H groups in total. The molecule has 4 rings (SSSR count). The van der Waals surface area contributed by atoms with E-state index in [1.165, 1.54) is 37.8 Å². The van der Waals surface area contributed by atoms with E-state index in [1.54, 1.807) is 23.0 Å². The van der Waals surface area contributed by atoms with Crippen LogP contribution < -0.4 is 5.32 Å². The number of amides is 1. The van der Waals surface area contributed by atoms with Gasteiger partial charge in [0, 0.05) is 18.9 Å². The van der Waals surface area contributed by atoms with Gasteiger partial charge in [-0.1, -0.05) is 18.9 Å². The zero-order valence-corrected chi connectivity index (χ0v) is 17.1. The maximum absolute atomic E-state index is 13.7. The van der Waals surface area contributed by atoms with Gasteiger partial charge in [0.25, 0.3) is 5.91 Å². The van der Waals surface area contributed by atoms with E-state index in [1.807, 2.05) is 29.1 Å². The first-order valence-corrected chi connectivity index (χ1v) is 10.7. The fourth-order valence-corrected chi connectivity index (χ4v) is 3.98. The predicted octanol–water partition coefficient (Wildman–Crippen LogP) is 3.80. The topological polar surface area (TPSA) is 55.1 Å². The van der Waals surface area contributed by atoms with Gasteiger partial charge < -0.3 is 14.8 Å². The van der Waals surface area contributed by atoms with Crippen LogP contribution in [0.3, 0.4) is 0 Å². The van der Waals surface area contributed by atoms with Crippen LogP contribution in [0.25, 0.3) is 11.5 Å².